The molecule has 1 aliphatic rings. The number of anilines is 1. The minimum absolute atomic E-state index is 0.842. The van der Waals surface area contributed by atoms with E-state index in [-0.39, 0.29) is 0 Å². The molecule has 0 aromatic carbocycles. The molecule has 19 heavy (non-hydrogen) atoms. The van der Waals surface area contributed by atoms with Crippen LogP contribution in [0.4, 0.5) is 5.82 Å². The van der Waals surface area contributed by atoms with Gasteiger partial charge in [-0.1, -0.05) is 0 Å². The Labute approximate surface area is 112 Å². The number of hydrogen-bond donors (Lipinski definition) is 2. The molecule has 3 heterocycles. The van der Waals surface area contributed by atoms with Crippen molar-refractivity contribution in [3.05, 3.63) is 18.1 Å². The minimum atomic E-state index is 0.842. The van der Waals surface area contributed by atoms with Crippen molar-refractivity contribution in [3.63, 3.8) is 0 Å². The average molecular weight is 261 g/mol. The fourth-order valence-electron chi connectivity index (χ4n) is 2.37. The summed E-state index contributed by atoms with van der Waals surface area (Å²) in [6.07, 6.45) is 1.59. The molecule has 0 amide bonds. The van der Waals surface area contributed by atoms with Crippen LogP contribution in [0.5, 0.6) is 0 Å². The Kier molecular flexibility index (Phi) is 3.61. The van der Waals surface area contributed by atoms with E-state index in [4.69, 9.17) is 4.74 Å². The van der Waals surface area contributed by atoms with Crippen LogP contribution >= 0.6 is 0 Å². The van der Waals surface area contributed by atoms with Crippen molar-refractivity contribution in [2.24, 2.45) is 0 Å². The van der Waals surface area contributed by atoms with Gasteiger partial charge < -0.3 is 15.0 Å². The number of aromatic amines is 1. The van der Waals surface area contributed by atoms with E-state index in [0.717, 1.165) is 61.9 Å². The summed E-state index contributed by atoms with van der Waals surface area (Å²) >= 11 is 0. The zero-order chi connectivity index (χ0) is 13.1. The average Bonchev–Trinajstić information content (AvgIpc) is 2.81. The lowest BCUT2D eigenvalue weighted by Gasteiger charge is -2.26. The maximum Gasteiger partial charge on any atom is 0.143 e. The molecule has 1 fully saturated rings. The number of nitrogens with one attached hydrogen (secondary N) is 2. The highest BCUT2D eigenvalue weighted by atomic mass is 16.5. The number of aryl methyl sites for hydroxylation is 1. The Morgan fingerprint density at radius 1 is 1.37 bits per heavy atom. The maximum absolute atomic E-state index is 5.34. The molecular formula is C13H19N5O. The number of fused-ring (bicyclic) bond motifs is 1. The van der Waals surface area contributed by atoms with Crippen LogP contribution < -0.4 is 5.32 Å². The van der Waals surface area contributed by atoms with E-state index in [0.29, 0.717) is 0 Å². The molecule has 2 aromatic heterocycles. The lowest BCUT2D eigenvalue weighted by molar-refractivity contribution is 0.0398. The number of morpholine rings is 1. The second-order valence-corrected chi connectivity index (χ2v) is 4.82. The summed E-state index contributed by atoms with van der Waals surface area (Å²) in [5.74, 6) is 0.905. The van der Waals surface area contributed by atoms with E-state index in [9.17, 15) is 0 Å². The smallest absolute Gasteiger partial charge is 0.143 e. The number of hydrogen-bond acceptors (Lipinski definition) is 5. The van der Waals surface area contributed by atoms with Gasteiger partial charge >= 0.3 is 0 Å². The van der Waals surface area contributed by atoms with E-state index in [1.54, 1.807) is 6.33 Å². The van der Waals surface area contributed by atoms with Crippen molar-refractivity contribution in [2.45, 2.75) is 6.92 Å². The minimum Gasteiger partial charge on any atom is -0.379 e. The summed E-state index contributed by atoms with van der Waals surface area (Å²) in [6, 6.07) is 2.08. The molecular weight excluding hydrogens is 242 g/mol. The van der Waals surface area contributed by atoms with Crippen LogP contribution in [0.3, 0.4) is 0 Å². The summed E-state index contributed by atoms with van der Waals surface area (Å²) in [5, 5.41) is 4.45. The number of H-pyrrole nitrogens is 1. The summed E-state index contributed by atoms with van der Waals surface area (Å²) in [5.41, 5.74) is 1.99. The highest BCUT2D eigenvalue weighted by Gasteiger charge is 2.10. The Bertz CT molecular complexity index is 547. The molecule has 3 rings (SSSR count). The van der Waals surface area contributed by atoms with Crippen LogP contribution in [0.15, 0.2) is 12.4 Å². The fraction of sp³-hybridized carbons (Fsp3) is 0.538. The number of nitrogens with zero attached hydrogens (tertiary/aromatic N) is 3. The van der Waals surface area contributed by atoms with Crippen molar-refractivity contribution in [1.82, 2.24) is 19.9 Å². The first-order valence-corrected chi connectivity index (χ1v) is 6.67. The largest absolute Gasteiger partial charge is 0.379 e. The third-order valence-corrected chi connectivity index (χ3v) is 3.38. The standard InChI is InChI=1S/C13H19N5O/c1-10-8-11-12(15-9-16-13(11)17-10)14-2-3-18-4-6-19-7-5-18/h8-9H,2-7H2,1H3,(H2,14,15,16,17). The summed E-state index contributed by atoms with van der Waals surface area (Å²) < 4.78 is 5.34. The van der Waals surface area contributed by atoms with Crippen LogP contribution in [0.25, 0.3) is 11.0 Å². The van der Waals surface area contributed by atoms with Crippen LogP contribution in [-0.4, -0.2) is 59.2 Å². The van der Waals surface area contributed by atoms with Gasteiger partial charge in [0.05, 0.1) is 18.6 Å². The van der Waals surface area contributed by atoms with Gasteiger partial charge in [0, 0.05) is 31.9 Å². The molecule has 2 aromatic rings. The van der Waals surface area contributed by atoms with E-state index in [1.807, 2.05) is 6.92 Å². The molecule has 0 spiro atoms. The molecule has 0 aliphatic carbocycles. The van der Waals surface area contributed by atoms with Crippen molar-refractivity contribution < 1.29 is 4.74 Å². The van der Waals surface area contributed by atoms with Gasteiger partial charge in [0.1, 0.15) is 17.8 Å². The zero-order valence-electron chi connectivity index (χ0n) is 11.1. The lowest BCUT2D eigenvalue weighted by atomic mass is 10.3. The molecule has 1 aliphatic heterocycles. The normalized spacial score (nSPS) is 16.9. The molecule has 1 saturated heterocycles. The molecule has 0 radical (unpaired) electrons. The van der Waals surface area contributed by atoms with Crippen LogP contribution in [0, 0.1) is 6.92 Å². The van der Waals surface area contributed by atoms with Gasteiger partial charge in [0.15, 0.2) is 0 Å². The van der Waals surface area contributed by atoms with Crippen molar-refractivity contribution in [1.29, 1.82) is 0 Å². The highest BCUT2D eigenvalue weighted by molar-refractivity contribution is 5.87. The summed E-state index contributed by atoms with van der Waals surface area (Å²) in [4.78, 5) is 14.2. The first-order valence-electron chi connectivity index (χ1n) is 6.67. The quantitative estimate of drug-likeness (QED) is 0.860. The molecule has 6 nitrogen and oxygen atoms in total. The maximum atomic E-state index is 5.34. The first kappa shape index (κ1) is 12.4. The van der Waals surface area contributed by atoms with Crippen molar-refractivity contribution >= 4 is 16.9 Å². The van der Waals surface area contributed by atoms with Gasteiger partial charge in [-0.2, -0.15) is 0 Å². The van der Waals surface area contributed by atoms with Crippen LogP contribution in [0.2, 0.25) is 0 Å². The molecule has 0 bridgehead atoms. The third-order valence-electron chi connectivity index (χ3n) is 3.38. The zero-order valence-corrected chi connectivity index (χ0v) is 11.1. The lowest BCUT2D eigenvalue weighted by Crippen LogP contribution is -2.39. The van der Waals surface area contributed by atoms with Gasteiger partial charge in [-0.05, 0) is 13.0 Å². The van der Waals surface area contributed by atoms with Crippen molar-refractivity contribution in [3.8, 4) is 0 Å². The van der Waals surface area contributed by atoms with Gasteiger partial charge in [-0.3, -0.25) is 4.90 Å². The Morgan fingerprint density at radius 2 is 2.21 bits per heavy atom. The number of aromatic nitrogens is 3. The Morgan fingerprint density at radius 3 is 3.05 bits per heavy atom. The Hall–Kier alpha value is -1.66. The highest BCUT2D eigenvalue weighted by Crippen LogP contribution is 2.19. The van der Waals surface area contributed by atoms with Crippen LogP contribution in [0.1, 0.15) is 5.69 Å². The Balaban J connectivity index is 1.61. The fourth-order valence-corrected chi connectivity index (χ4v) is 2.37. The van der Waals surface area contributed by atoms with E-state index < -0.39 is 0 Å². The predicted octanol–water partition coefficient (Wildman–Crippen LogP) is 1.01. The number of ether oxygens (including phenoxy) is 1. The molecule has 102 valence electrons. The van der Waals surface area contributed by atoms with Gasteiger partial charge in [-0.15, -0.1) is 0 Å². The summed E-state index contributed by atoms with van der Waals surface area (Å²) in [6.45, 7) is 7.64. The van der Waals surface area contributed by atoms with E-state index in [1.165, 1.54) is 0 Å². The predicted molar refractivity (Wildman–Crippen MR) is 74.4 cm³/mol. The molecule has 6 heteroatoms. The third kappa shape index (κ3) is 2.85. The van der Waals surface area contributed by atoms with Crippen molar-refractivity contribution in [2.75, 3.05) is 44.7 Å². The number of rotatable bonds is 4. The molecule has 0 unspecified atom stereocenters. The molecule has 0 atom stereocenters. The SMILES string of the molecule is Cc1cc2c(NCCN3CCOCC3)ncnc2[nH]1. The van der Waals surface area contributed by atoms with E-state index in [2.05, 4.69) is 31.2 Å². The van der Waals surface area contributed by atoms with Crippen LogP contribution in [-0.2, 0) is 4.74 Å². The second kappa shape index (κ2) is 5.54. The topological polar surface area (TPSA) is 66.1 Å². The molecule has 2 N–H and O–H groups in total. The molecule has 0 saturated carbocycles. The second-order valence-electron chi connectivity index (χ2n) is 4.82. The van der Waals surface area contributed by atoms with Gasteiger partial charge in [0.2, 0.25) is 0 Å². The van der Waals surface area contributed by atoms with E-state index >= 15 is 0 Å². The van der Waals surface area contributed by atoms with Gasteiger partial charge in [-0.25, -0.2) is 9.97 Å². The summed E-state index contributed by atoms with van der Waals surface area (Å²) in [7, 11) is 0. The first-order chi connectivity index (χ1) is 9.33. The monoisotopic (exact) mass is 261 g/mol. The van der Waals surface area contributed by atoms with Gasteiger partial charge in [0.25, 0.3) is 0 Å².